The minimum Gasteiger partial charge on any atom is -0.490 e. The van der Waals surface area contributed by atoms with Crippen LogP contribution in [0.15, 0.2) is 42.5 Å². The number of hydrogen-bond donors (Lipinski definition) is 4. The fourth-order valence-corrected chi connectivity index (χ4v) is 4.33. The Labute approximate surface area is 188 Å². The number of rotatable bonds is 6. The van der Waals surface area contributed by atoms with E-state index in [9.17, 15) is 20.4 Å². The van der Waals surface area contributed by atoms with Gasteiger partial charge in [-0.05, 0) is 47.7 Å². The molecular weight excluding hydrogens is 412 g/mol. The first kappa shape index (κ1) is 23.2. The summed E-state index contributed by atoms with van der Waals surface area (Å²) in [6.45, 7) is 3.07. The van der Waals surface area contributed by atoms with Gasteiger partial charge in [0.2, 0.25) is 0 Å². The topological polar surface area (TPSA) is 109 Å². The van der Waals surface area contributed by atoms with Gasteiger partial charge < -0.3 is 34.6 Å². The molecule has 2 saturated heterocycles. The van der Waals surface area contributed by atoms with E-state index in [1.807, 2.05) is 37.3 Å². The maximum absolute atomic E-state index is 10.5. The van der Waals surface area contributed by atoms with E-state index in [-0.39, 0.29) is 6.10 Å². The van der Waals surface area contributed by atoms with Crippen LogP contribution in [-0.4, -0.2) is 70.8 Å². The molecule has 5 atom stereocenters. The van der Waals surface area contributed by atoms with Crippen LogP contribution >= 0.6 is 0 Å². The molecule has 2 fully saturated rings. The van der Waals surface area contributed by atoms with Gasteiger partial charge in [0.15, 0.2) is 0 Å². The van der Waals surface area contributed by atoms with E-state index in [2.05, 4.69) is 12.1 Å². The van der Waals surface area contributed by atoms with Gasteiger partial charge in [-0.15, -0.1) is 0 Å². The molecule has 174 valence electrons. The zero-order valence-electron chi connectivity index (χ0n) is 18.3. The average molecular weight is 445 g/mol. The van der Waals surface area contributed by atoms with E-state index in [1.165, 1.54) is 0 Å². The molecule has 4 rings (SSSR count). The van der Waals surface area contributed by atoms with Crippen LogP contribution in [0.1, 0.15) is 41.2 Å². The molecule has 32 heavy (non-hydrogen) atoms. The SMILES string of the molecule is Cc1ccc([C@@H]2OC(CO)[C@@H](O)C(O)[C@H]2O)cc1Cc1ccc(OC2CCOCC2)cc1. The highest BCUT2D eigenvalue weighted by atomic mass is 16.5. The van der Waals surface area contributed by atoms with E-state index >= 15 is 0 Å². The summed E-state index contributed by atoms with van der Waals surface area (Å²) in [6.07, 6.45) is -3.09. The van der Waals surface area contributed by atoms with Crippen LogP contribution in [0.2, 0.25) is 0 Å². The molecule has 2 aliphatic heterocycles. The summed E-state index contributed by atoms with van der Waals surface area (Å²) >= 11 is 0. The third-order valence-corrected chi connectivity index (χ3v) is 6.38. The molecule has 0 spiro atoms. The lowest BCUT2D eigenvalue weighted by Crippen LogP contribution is -2.55. The summed E-state index contributed by atoms with van der Waals surface area (Å²) in [5.41, 5.74) is 3.98. The number of aliphatic hydroxyl groups excluding tert-OH is 4. The Kier molecular flexibility index (Phi) is 7.45. The van der Waals surface area contributed by atoms with E-state index in [0.29, 0.717) is 12.0 Å². The zero-order valence-corrected chi connectivity index (χ0v) is 18.3. The number of hydrogen-bond acceptors (Lipinski definition) is 7. The molecule has 2 heterocycles. The lowest BCUT2D eigenvalue weighted by atomic mass is 9.89. The summed E-state index contributed by atoms with van der Waals surface area (Å²) in [7, 11) is 0. The minimum atomic E-state index is -1.39. The van der Waals surface area contributed by atoms with Crippen LogP contribution in [0.25, 0.3) is 0 Å². The Morgan fingerprint density at radius 2 is 1.66 bits per heavy atom. The monoisotopic (exact) mass is 444 g/mol. The highest BCUT2D eigenvalue weighted by Gasteiger charge is 2.43. The second-order valence-corrected chi connectivity index (χ2v) is 8.69. The smallest absolute Gasteiger partial charge is 0.119 e. The fraction of sp³-hybridized carbons (Fsp3) is 0.520. The molecule has 2 aliphatic rings. The number of aliphatic hydroxyl groups is 4. The molecule has 2 aromatic carbocycles. The van der Waals surface area contributed by atoms with Gasteiger partial charge in [0.05, 0.1) is 19.8 Å². The van der Waals surface area contributed by atoms with Crippen molar-refractivity contribution < 1.29 is 34.6 Å². The molecule has 2 unspecified atom stereocenters. The van der Waals surface area contributed by atoms with Crippen LogP contribution in [0.3, 0.4) is 0 Å². The van der Waals surface area contributed by atoms with Gasteiger partial charge >= 0.3 is 0 Å². The lowest BCUT2D eigenvalue weighted by molar-refractivity contribution is -0.231. The maximum atomic E-state index is 10.5. The van der Waals surface area contributed by atoms with Gasteiger partial charge in [0, 0.05) is 12.8 Å². The fourth-order valence-electron chi connectivity index (χ4n) is 4.33. The van der Waals surface area contributed by atoms with Crippen molar-refractivity contribution in [2.24, 2.45) is 0 Å². The molecule has 0 aliphatic carbocycles. The van der Waals surface area contributed by atoms with Crippen LogP contribution in [0.5, 0.6) is 5.75 Å². The number of aryl methyl sites for hydroxylation is 1. The number of ether oxygens (including phenoxy) is 3. The summed E-state index contributed by atoms with van der Waals surface area (Å²) in [5.74, 6) is 0.854. The molecule has 0 amide bonds. The first-order valence-corrected chi connectivity index (χ1v) is 11.2. The molecule has 7 nitrogen and oxygen atoms in total. The molecule has 4 N–H and O–H groups in total. The molecule has 0 bridgehead atoms. The Morgan fingerprint density at radius 3 is 2.34 bits per heavy atom. The summed E-state index contributed by atoms with van der Waals surface area (Å²) in [6, 6.07) is 13.8. The highest BCUT2D eigenvalue weighted by Crippen LogP contribution is 2.33. The van der Waals surface area contributed by atoms with Crippen molar-refractivity contribution in [2.75, 3.05) is 19.8 Å². The third kappa shape index (κ3) is 5.14. The standard InChI is InChI=1S/C25H32O7/c1-15-2-5-17(25-24(29)23(28)22(27)21(14-26)32-25)13-18(15)12-16-3-6-19(7-4-16)31-20-8-10-30-11-9-20/h2-7,13,20-29H,8-12,14H2,1H3/t21?,22-,23?,24-,25+/m1/s1. The van der Waals surface area contributed by atoms with Crippen LogP contribution in [0, 0.1) is 6.92 Å². The Hall–Kier alpha value is -2.00. The van der Waals surface area contributed by atoms with Crippen LogP contribution in [0.4, 0.5) is 0 Å². The van der Waals surface area contributed by atoms with Gasteiger partial charge in [-0.1, -0.05) is 30.3 Å². The van der Waals surface area contributed by atoms with Crippen molar-refractivity contribution in [2.45, 2.75) is 62.8 Å². The second kappa shape index (κ2) is 10.3. The maximum Gasteiger partial charge on any atom is 0.119 e. The third-order valence-electron chi connectivity index (χ3n) is 6.38. The van der Waals surface area contributed by atoms with Crippen molar-refractivity contribution in [1.82, 2.24) is 0 Å². The van der Waals surface area contributed by atoms with Crippen LogP contribution < -0.4 is 4.74 Å². The summed E-state index contributed by atoms with van der Waals surface area (Å²) in [5, 5.41) is 40.1. The van der Waals surface area contributed by atoms with Crippen molar-refractivity contribution >= 4 is 0 Å². The highest BCUT2D eigenvalue weighted by molar-refractivity contribution is 5.38. The Morgan fingerprint density at radius 1 is 0.938 bits per heavy atom. The Balaban J connectivity index is 1.47. The largest absolute Gasteiger partial charge is 0.490 e. The predicted octanol–water partition coefficient (Wildman–Crippen LogP) is 1.66. The predicted molar refractivity (Wildman–Crippen MR) is 118 cm³/mol. The second-order valence-electron chi connectivity index (χ2n) is 8.69. The molecule has 2 aromatic rings. The molecule has 0 aromatic heterocycles. The van der Waals surface area contributed by atoms with Gasteiger partial charge in [0.1, 0.15) is 42.4 Å². The molecule has 7 heteroatoms. The van der Waals surface area contributed by atoms with E-state index in [0.717, 1.165) is 48.5 Å². The number of benzene rings is 2. The Bertz CT molecular complexity index is 876. The van der Waals surface area contributed by atoms with Gasteiger partial charge in [0.25, 0.3) is 0 Å². The normalized spacial score (nSPS) is 29.1. The zero-order chi connectivity index (χ0) is 22.7. The first-order chi connectivity index (χ1) is 15.5. The summed E-state index contributed by atoms with van der Waals surface area (Å²) in [4.78, 5) is 0. The van der Waals surface area contributed by atoms with E-state index in [4.69, 9.17) is 14.2 Å². The molecular formula is C25H32O7. The van der Waals surface area contributed by atoms with Gasteiger partial charge in [-0.25, -0.2) is 0 Å². The quantitative estimate of drug-likeness (QED) is 0.537. The average Bonchev–Trinajstić information content (AvgIpc) is 2.81. The first-order valence-electron chi connectivity index (χ1n) is 11.2. The minimum absolute atomic E-state index is 0.201. The summed E-state index contributed by atoms with van der Waals surface area (Å²) < 4.78 is 17.1. The van der Waals surface area contributed by atoms with Gasteiger partial charge in [-0.3, -0.25) is 0 Å². The van der Waals surface area contributed by atoms with Crippen molar-refractivity contribution in [1.29, 1.82) is 0 Å². The lowest BCUT2D eigenvalue weighted by Gasteiger charge is -2.40. The van der Waals surface area contributed by atoms with E-state index < -0.39 is 37.1 Å². The van der Waals surface area contributed by atoms with Crippen molar-refractivity contribution in [3.05, 3.63) is 64.7 Å². The van der Waals surface area contributed by atoms with Crippen LogP contribution in [-0.2, 0) is 15.9 Å². The van der Waals surface area contributed by atoms with Crippen molar-refractivity contribution in [3.8, 4) is 5.75 Å². The van der Waals surface area contributed by atoms with Gasteiger partial charge in [-0.2, -0.15) is 0 Å². The van der Waals surface area contributed by atoms with E-state index in [1.54, 1.807) is 0 Å². The molecule has 0 saturated carbocycles. The molecule has 0 radical (unpaired) electrons. The van der Waals surface area contributed by atoms with Crippen molar-refractivity contribution in [3.63, 3.8) is 0 Å².